The lowest BCUT2D eigenvalue weighted by Gasteiger charge is -2.01. The fourth-order valence-electron chi connectivity index (χ4n) is 1.32. The van der Waals surface area contributed by atoms with Gasteiger partial charge in [-0.2, -0.15) is 18.3 Å². The summed E-state index contributed by atoms with van der Waals surface area (Å²) >= 11 is 0. The zero-order chi connectivity index (χ0) is 14.1. The molecule has 1 amide bonds. The van der Waals surface area contributed by atoms with Crippen LogP contribution in [-0.4, -0.2) is 27.7 Å². The molecule has 0 saturated carbocycles. The number of nitrogens with one attached hydrogen (secondary N) is 1. The molecule has 0 bridgehead atoms. The van der Waals surface area contributed by atoms with Gasteiger partial charge < -0.3 is 5.32 Å². The van der Waals surface area contributed by atoms with Gasteiger partial charge in [0.15, 0.2) is 0 Å². The number of halogens is 3. The molecular formula is C8H9F3N4O3. The topological polar surface area (TPSA) is 90.1 Å². The van der Waals surface area contributed by atoms with E-state index >= 15 is 0 Å². The highest BCUT2D eigenvalue weighted by Crippen LogP contribution is 2.36. The number of aromatic nitrogens is 2. The molecule has 100 valence electrons. The van der Waals surface area contributed by atoms with E-state index in [9.17, 15) is 28.1 Å². The molecule has 0 saturated heterocycles. The normalized spacial score (nSPS) is 11.4. The molecule has 7 nitrogen and oxygen atoms in total. The lowest BCUT2D eigenvalue weighted by Crippen LogP contribution is -2.24. The highest BCUT2D eigenvalue weighted by molar-refractivity contribution is 5.75. The van der Waals surface area contributed by atoms with Gasteiger partial charge in [0.05, 0.1) is 4.92 Å². The molecule has 0 atom stereocenters. The number of alkyl halides is 3. The molecule has 0 fully saturated rings. The summed E-state index contributed by atoms with van der Waals surface area (Å²) in [6.45, 7) is 0.586. The minimum absolute atomic E-state index is 0.323. The molecule has 1 rings (SSSR count). The maximum atomic E-state index is 12.5. The van der Waals surface area contributed by atoms with Crippen molar-refractivity contribution in [3.8, 4) is 0 Å². The highest BCUT2D eigenvalue weighted by Gasteiger charge is 2.44. The van der Waals surface area contributed by atoms with E-state index in [-0.39, 0.29) is 5.69 Å². The van der Waals surface area contributed by atoms with Gasteiger partial charge in [-0.05, 0) is 6.92 Å². The first-order valence-electron chi connectivity index (χ1n) is 4.68. The summed E-state index contributed by atoms with van der Waals surface area (Å²) in [5, 5.41) is 15.9. The molecule has 0 aromatic carbocycles. The van der Waals surface area contributed by atoms with Gasteiger partial charge >= 0.3 is 11.9 Å². The van der Waals surface area contributed by atoms with Crippen LogP contribution in [0, 0.1) is 17.0 Å². The Morgan fingerprint density at radius 1 is 1.56 bits per heavy atom. The van der Waals surface area contributed by atoms with Gasteiger partial charge in [0.2, 0.25) is 11.6 Å². The third kappa shape index (κ3) is 2.57. The Labute approximate surface area is 98.7 Å². The van der Waals surface area contributed by atoms with E-state index in [1.807, 2.05) is 0 Å². The molecule has 0 spiro atoms. The smallest absolute Gasteiger partial charge is 0.358 e. The third-order valence-corrected chi connectivity index (χ3v) is 2.20. The molecular weight excluding hydrogens is 257 g/mol. The minimum atomic E-state index is -4.94. The summed E-state index contributed by atoms with van der Waals surface area (Å²) in [5.41, 5.74) is -3.06. The molecule has 1 heterocycles. The molecule has 0 aliphatic rings. The zero-order valence-electron chi connectivity index (χ0n) is 9.41. The van der Waals surface area contributed by atoms with Gasteiger partial charge in [-0.1, -0.05) is 0 Å². The predicted octanol–water partition coefficient (Wildman–Crippen LogP) is 0.865. The van der Waals surface area contributed by atoms with Crippen LogP contribution < -0.4 is 5.32 Å². The van der Waals surface area contributed by atoms with Crippen molar-refractivity contribution in [1.29, 1.82) is 0 Å². The highest BCUT2D eigenvalue weighted by atomic mass is 19.4. The van der Waals surface area contributed by atoms with Gasteiger partial charge in [-0.3, -0.25) is 19.6 Å². The summed E-state index contributed by atoms with van der Waals surface area (Å²) in [6.07, 6.45) is -4.94. The number of rotatable bonds is 3. The fourth-order valence-corrected chi connectivity index (χ4v) is 1.32. The maximum Gasteiger partial charge on any atom is 0.442 e. The van der Waals surface area contributed by atoms with Gasteiger partial charge in [0.1, 0.15) is 12.2 Å². The first-order chi connectivity index (χ1) is 8.18. The van der Waals surface area contributed by atoms with Crippen LogP contribution in [0.4, 0.5) is 18.9 Å². The van der Waals surface area contributed by atoms with Crippen molar-refractivity contribution >= 4 is 11.6 Å². The molecule has 0 unspecified atom stereocenters. The minimum Gasteiger partial charge on any atom is -0.358 e. The Balaban J connectivity index is 3.33. The first-order valence-corrected chi connectivity index (χ1v) is 4.68. The summed E-state index contributed by atoms with van der Waals surface area (Å²) in [5.74, 6) is -0.607. The number of nitro groups is 1. The van der Waals surface area contributed by atoms with E-state index < -0.39 is 34.9 Å². The number of hydrogen-bond donors (Lipinski definition) is 1. The second kappa shape index (κ2) is 4.63. The molecule has 0 aliphatic heterocycles. The monoisotopic (exact) mass is 266 g/mol. The van der Waals surface area contributed by atoms with Crippen LogP contribution in [0.5, 0.6) is 0 Å². The molecule has 10 heteroatoms. The van der Waals surface area contributed by atoms with Gasteiger partial charge in [0.25, 0.3) is 0 Å². The van der Waals surface area contributed by atoms with Crippen molar-refractivity contribution in [3.05, 3.63) is 21.5 Å². The summed E-state index contributed by atoms with van der Waals surface area (Å²) < 4.78 is 38.3. The lowest BCUT2D eigenvalue weighted by atomic mass is 10.3. The second-order valence-corrected chi connectivity index (χ2v) is 3.37. The van der Waals surface area contributed by atoms with Crippen LogP contribution in [0.15, 0.2) is 0 Å². The Bertz CT molecular complexity index is 495. The Kier molecular flexibility index (Phi) is 3.58. The number of nitrogens with zero attached hydrogens (tertiary/aromatic N) is 3. The summed E-state index contributed by atoms with van der Waals surface area (Å²) in [4.78, 5) is 20.5. The summed E-state index contributed by atoms with van der Waals surface area (Å²) in [6, 6.07) is 0. The Morgan fingerprint density at radius 2 is 2.11 bits per heavy atom. The van der Waals surface area contributed by atoms with E-state index in [1.54, 1.807) is 0 Å². The van der Waals surface area contributed by atoms with Gasteiger partial charge in [-0.25, -0.2) is 0 Å². The predicted molar refractivity (Wildman–Crippen MR) is 52.7 cm³/mol. The van der Waals surface area contributed by atoms with Crippen LogP contribution in [0.3, 0.4) is 0 Å². The number of likely N-dealkylation sites (N-methyl/N-ethyl adjacent to an activating group) is 1. The largest absolute Gasteiger partial charge is 0.442 e. The number of carbonyl (C=O) groups excluding carboxylic acids is 1. The molecule has 1 N–H and O–H groups in total. The van der Waals surface area contributed by atoms with Crippen LogP contribution in [-0.2, 0) is 17.5 Å². The van der Waals surface area contributed by atoms with Crippen molar-refractivity contribution in [2.45, 2.75) is 19.6 Å². The van der Waals surface area contributed by atoms with E-state index in [0.29, 0.717) is 4.68 Å². The number of carbonyl (C=O) groups is 1. The summed E-state index contributed by atoms with van der Waals surface area (Å²) in [7, 11) is 1.29. The standard InChI is InChI=1S/C8H9F3N4O3/c1-4-6(15(17)18)7(8(9,10)11)13-14(4)3-5(16)12-2/h3H2,1-2H3,(H,12,16). The first kappa shape index (κ1) is 13.9. The van der Waals surface area contributed by atoms with Crippen molar-refractivity contribution in [2.24, 2.45) is 0 Å². The van der Waals surface area contributed by atoms with E-state index in [0.717, 1.165) is 6.92 Å². The average molecular weight is 266 g/mol. The van der Waals surface area contributed by atoms with E-state index in [4.69, 9.17) is 0 Å². The van der Waals surface area contributed by atoms with E-state index in [2.05, 4.69) is 10.4 Å². The molecule has 0 radical (unpaired) electrons. The van der Waals surface area contributed by atoms with Crippen LogP contribution in [0.1, 0.15) is 11.4 Å². The zero-order valence-corrected chi connectivity index (χ0v) is 9.41. The Hall–Kier alpha value is -2.13. The second-order valence-electron chi connectivity index (χ2n) is 3.37. The molecule has 0 aliphatic carbocycles. The van der Waals surface area contributed by atoms with Crippen LogP contribution >= 0.6 is 0 Å². The third-order valence-electron chi connectivity index (χ3n) is 2.20. The quantitative estimate of drug-likeness (QED) is 0.649. The number of amides is 1. The van der Waals surface area contributed by atoms with Crippen molar-refractivity contribution in [2.75, 3.05) is 7.05 Å². The van der Waals surface area contributed by atoms with Gasteiger partial charge in [-0.15, -0.1) is 0 Å². The van der Waals surface area contributed by atoms with E-state index in [1.165, 1.54) is 7.05 Å². The maximum absolute atomic E-state index is 12.5. The Morgan fingerprint density at radius 3 is 2.44 bits per heavy atom. The molecule has 1 aromatic rings. The van der Waals surface area contributed by atoms with Gasteiger partial charge in [0, 0.05) is 7.05 Å². The fraction of sp³-hybridized carbons (Fsp3) is 0.500. The lowest BCUT2D eigenvalue weighted by molar-refractivity contribution is -0.388. The van der Waals surface area contributed by atoms with Crippen LogP contribution in [0.25, 0.3) is 0 Å². The molecule has 18 heavy (non-hydrogen) atoms. The van der Waals surface area contributed by atoms with Crippen molar-refractivity contribution in [1.82, 2.24) is 15.1 Å². The number of hydrogen-bond acceptors (Lipinski definition) is 4. The molecule has 1 aromatic heterocycles. The average Bonchev–Trinajstić information content (AvgIpc) is 2.55. The van der Waals surface area contributed by atoms with Crippen molar-refractivity contribution in [3.63, 3.8) is 0 Å². The van der Waals surface area contributed by atoms with Crippen molar-refractivity contribution < 1.29 is 22.9 Å². The SMILES string of the molecule is CNC(=O)Cn1nc(C(F)(F)F)c([N+](=O)[O-])c1C. The van der Waals surface area contributed by atoms with Crippen LogP contribution in [0.2, 0.25) is 0 Å².